The Morgan fingerprint density at radius 1 is 1.24 bits per heavy atom. The van der Waals surface area contributed by atoms with Gasteiger partial charge in [-0.25, -0.2) is 0 Å². The van der Waals surface area contributed by atoms with E-state index >= 15 is 0 Å². The highest BCUT2D eigenvalue weighted by atomic mass is 16.5. The molecule has 1 atom stereocenters. The van der Waals surface area contributed by atoms with Crippen LogP contribution in [0.25, 0.3) is 0 Å². The molecule has 1 heterocycles. The standard InChI is InChI=1S/C16H21NO4/c1-5-11-8-15(18)17(9-11)10-12-6-13(19-2)16(21-4)14(7-12)20-3/h5-7,11H,1,8-10H2,2-4H3. The molecule has 21 heavy (non-hydrogen) atoms. The second kappa shape index (κ2) is 6.52. The summed E-state index contributed by atoms with van der Waals surface area (Å²) in [5, 5.41) is 0. The molecule has 0 bridgehead atoms. The second-order valence-corrected chi connectivity index (χ2v) is 5.01. The summed E-state index contributed by atoms with van der Waals surface area (Å²) in [4.78, 5) is 13.8. The lowest BCUT2D eigenvalue weighted by Crippen LogP contribution is -2.24. The van der Waals surface area contributed by atoms with Gasteiger partial charge in [0.25, 0.3) is 0 Å². The molecule has 0 saturated carbocycles. The lowest BCUT2D eigenvalue weighted by Gasteiger charge is -2.19. The van der Waals surface area contributed by atoms with Crippen LogP contribution >= 0.6 is 0 Å². The van der Waals surface area contributed by atoms with Crippen molar-refractivity contribution < 1.29 is 19.0 Å². The Kier molecular flexibility index (Phi) is 4.73. The first kappa shape index (κ1) is 15.2. The number of likely N-dealkylation sites (tertiary alicyclic amines) is 1. The second-order valence-electron chi connectivity index (χ2n) is 5.01. The number of benzene rings is 1. The summed E-state index contributed by atoms with van der Waals surface area (Å²) < 4.78 is 16.0. The molecule has 1 fully saturated rings. The quantitative estimate of drug-likeness (QED) is 0.754. The Morgan fingerprint density at radius 3 is 2.29 bits per heavy atom. The third-order valence-electron chi connectivity index (χ3n) is 3.68. The van der Waals surface area contributed by atoms with E-state index in [4.69, 9.17) is 14.2 Å². The number of carbonyl (C=O) groups excluding carboxylic acids is 1. The van der Waals surface area contributed by atoms with Crippen molar-refractivity contribution in [2.45, 2.75) is 13.0 Å². The predicted octanol–water partition coefficient (Wildman–Crippen LogP) is 2.25. The zero-order chi connectivity index (χ0) is 15.4. The predicted molar refractivity (Wildman–Crippen MR) is 79.8 cm³/mol. The third-order valence-corrected chi connectivity index (χ3v) is 3.68. The number of hydrogen-bond acceptors (Lipinski definition) is 4. The fraction of sp³-hybridized carbons (Fsp3) is 0.438. The molecule has 0 radical (unpaired) electrons. The summed E-state index contributed by atoms with van der Waals surface area (Å²) >= 11 is 0. The zero-order valence-electron chi connectivity index (χ0n) is 12.7. The normalized spacial score (nSPS) is 17.8. The van der Waals surface area contributed by atoms with Crippen molar-refractivity contribution in [1.82, 2.24) is 4.90 Å². The van der Waals surface area contributed by atoms with Gasteiger partial charge in [0.15, 0.2) is 11.5 Å². The minimum Gasteiger partial charge on any atom is -0.493 e. The molecular weight excluding hydrogens is 270 g/mol. The smallest absolute Gasteiger partial charge is 0.223 e. The molecule has 0 N–H and O–H groups in total. The van der Waals surface area contributed by atoms with E-state index in [1.165, 1.54) is 0 Å². The number of amides is 1. The molecule has 0 aliphatic carbocycles. The first-order valence-corrected chi connectivity index (χ1v) is 6.82. The number of methoxy groups -OCH3 is 3. The molecule has 1 aliphatic rings. The molecule has 1 aromatic carbocycles. The number of nitrogens with zero attached hydrogens (tertiary/aromatic N) is 1. The van der Waals surface area contributed by atoms with Crippen LogP contribution in [0.1, 0.15) is 12.0 Å². The number of rotatable bonds is 6. The number of hydrogen-bond donors (Lipinski definition) is 0. The van der Waals surface area contributed by atoms with Crippen LogP contribution in [0.5, 0.6) is 17.2 Å². The van der Waals surface area contributed by atoms with Crippen LogP contribution in [0.2, 0.25) is 0 Å². The first-order valence-electron chi connectivity index (χ1n) is 6.82. The molecule has 5 heteroatoms. The Labute approximate surface area is 125 Å². The fourth-order valence-corrected chi connectivity index (χ4v) is 2.56. The van der Waals surface area contributed by atoms with Crippen LogP contribution in [-0.4, -0.2) is 38.7 Å². The van der Waals surface area contributed by atoms with Crippen molar-refractivity contribution in [3.8, 4) is 17.2 Å². The van der Waals surface area contributed by atoms with E-state index in [-0.39, 0.29) is 11.8 Å². The molecular formula is C16H21NO4. The van der Waals surface area contributed by atoms with Gasteiger partial charge in [0.1, 0.15) is 0 Å². The van der Waals surface area contributed by atoms with Gasteiger partial charge in [-0.05, 0) is 17.7 Å². The average molecular weight is 291 g/mol. The third kappa shape index (κ3) is 3.12. The summed E-state index contributed by atoms with van der Waals surface area (Å²) in [7, 11) is 4.73. The SMILES string of the molecule is C=CC1CC(=O)N(Cc2cc(OC)c(OC)c(OC)c2)C1. The lowest BCUT2D eigenvalue weighted by atomic mass is 10.1. The van der Waals surface area contributed by atoms with E-state index in [0.29, 0.717) is 36.8 Å². The largest absolute Gasteiger partial charge is 0.493 e. The van der Waals surface area contributed by atoms with Crippen molar-refractivity contribution in [3.05, 3.63) is 30.4 Å². The number of ether oxygens (including phenoxy) is 3. The molecule has 1 unspecified atom stereocenters. The van der Waals surface area contributed by atoms with E-state index < -0.39 is 0 Å². The molecule has 1 saturated heterocycles. The van der Waals surface area contributed by atoms with Gasteiger partial charge < -0.3 is 19.1 Å². The molecule has 1 aliphatic heterocycles. The molecule has 1 amide bonds. The van der Waals surface area contributed by atoms with E-state index in [0.717, 1.165) is 5.56 Å². The van der Waals surface area contributed by atoms with Crippen LogP contribution in [-0.2, 0) is 11.3 Å². The van der Waals surface area contributed by atoms with E-state index in [1.807, 2.05) is 23.1 Å². The first-order chi connectivity index (χ1) is 10.1. The highest BCUT2D eigenvalue weighted by molar-refractivity contribution is 5.79. The van der Waals surface area contributed by atoms with Crippen LogP contribution < -0.4 is 14.2 Å². The van der Waals surface area contributed by atoms with Gasteiger partial charge in [-0.1, -0.05) is 6.08 Å². The number of carbonyl (C=O) groups is 1. The summed E-state index contributed by atoms with van der Waals surface area (Å²) in [5.74, 6) is 2.13. The van der Waals surface area contributed by atoms with Crippen molar-refractivity contribution in [2.24, 2.45) is 5.92 Å². The fourth-order valence-electron chi connectivity index (χ4n) is 2.56. The molecule has 1 aromatic rings. The maximum absolute atomic E-state index is 12.0. The monoisotopic (exact) mass is 291 g/mol. The van der Waals surface area contributed by atoms with Crippen molar-refractivity contribution >= 4 is 5.91 Å². The van der Waals surface area contributed by atoms with Crippen LogP contribution in [0.15, 0.2) is 24.8 Å². The van der Waals surface area contributed by atoms with E-state index in [9.17, 15) is 4.79 Å². The van der Waals surface area contributed by atoms with E-state index in [1.54, 1.807) is 21.3 Å². The van der Waals surface area contributed by atoms with Gasteiger partial charge in [-0.3, -0.25) is 4.79 Å². The van der Waals surface area contributed by atoms with E-state index in [2.05, 4.69) is 6.58 Å². The molecule has 0 aromatic heterocycles. The topological polar surface area (TPSA) is 48.0 Å². The van der Waals surface area contributed by atoms with Gasteiger partial charge in [0.05, 0.1) is 21.3 Å². The Bertz CT molecular complexity index is 516. The highest BCUT2D eigenvalue weighted by Crippen LogP contribution is 2.38. The summed E-state index contributed by atoms with van der Waals surface area (Å²) in [6.45, 7) is 5.00. The van der Waals surface area contributed by atoms with Crippen LogP contribution in [0.4, 0.5) is 0 Å². The van der Waals surface area contributed by atoms with Gasteiger partial charge in [0.2, 0.25) is 11.7 Å². The van der Waals surface area contributed by atoms with Crippen LogP contribution in [0.3, 0.4) is 0 Å². The molecule has 0 spiro atoms. The maximum Gasteiger partial charge on any atom is 0.223 e. The Balaban J connectivity index is 2.24. The lowest BCUT2D eigenvalue weighted by molar-refractivity contribution is -0.128. The van der Waals surface area contributed by atoms with Gasteiger partial charge in [0, 0.05) is 25.4 Å². The summed E-state index contributed by atoms with van der Waals surface area (Å²) in [6, 6.07) is 3.74. The van der Waals surface area contributed by atoms with Gasteiger partial charge in [-0.15, -0.1) is 6.58 Å². The Morgan fingerprint density at radius 2 is 1.86 bits per heavy atom. The minimum atomic E-state index is 0.147. The summed E-state index contributed by atoms with van der Waals surface area (Å²) in [5.41, 5.74) is 0.947. The maximum atomic E-state index is 12.0. The average Bonchev–Trinajstić information content (AvgIpc) is 2.86. The van der Waals surface area contributed by atoms with Crippen molar-refractivity contribution in [3.63, 3.8) is 0 Å². The van der Waals surface area contributed by atoms with Crippen LogP contribution in [0, 0.1) is 5.92 Å². The van der Waals surface area contributed by atoms with Crippen molar-refractivity contribution in [1.29, 1.82) is 0 Å². The van der Waals surface area contributed by atoms with Gasteiger partial charge >= 0.3 is 0 Å². The van der Waals surface area contributed by atoms with Crippen molar-refractivity contribution in [2.75, 3.05) is 27.9 Å². The molecule has 2 rings (SSSR count). The zero-order valence-corrected chi connectivity index (χ0v) is 12.7. The molecule has 114 valence electrons. The van der Waals surface area contributed by atoms with Gasteiger partial charge in [-0.2, -0.15) is 0 Å². The highest BCUT2D eigenvalue weighted by Gasteiger charge is 2.28. The summed E-state index contributed by atoms with van der Waals surface area (Å²) in [6.07, 6.45) is 2.38. The molecule has 5 nitrogen and oxygen atoms in total. The Hall–Kier alpha value is -2.17. The minimum absolute atomic E-state index is 0.147.